The van der Waals surface area contributed by atoms with Gasteiger partial charge in [0.05, 0.1) is 11.5 Å². The molecule has 0 spiro atoms. The molecule has 110 valence electrons. The highest BCUT2D eigenvalue weighted by Crippen LogP contribution is 2.22. The summed E-state index contributed by atoms with van der Waals surface area (Å²) in [5.74, 6) is -2.02. The molecule has 0 aliphatic rings. The Bertz CT molecular complexity index is 493. The second-order valence-corrected chi connectivity index (χ2v) is 3.79. The molecule has 20 heavy (non-hydrogen) atoms. The predicted molar refractivity (Wildman–Crippen MR) is 66.2 cm³/mol. The van der Waals surface area contributed by atoms with Crippen molar-refractivity contribution in [2.45, 2.75) is 19.4 Å². The number of hydrogen-bond acceptors (Lipinski definition) is 5. The quantitative estimate of drug-likeness (QED) is 0.580. The summed E-state index contributed by atoms with van der Waals surface area (Å²) < 4.78 is 23.4. The number of hydrogen-bond donors (Lipinski definition) is 1. The summed E-state index contributed by atoms with van der Waals surface area (Å²) in [6.45, 7) is 1.92. The Morgan fingerprint density at radius 2 is 2.25 bits per heavy atom. The van der Waals surface area contributed by atoms with E-state index in [2.05, 4.69) is 0 Å². The first-order valence-corrected chi connectivity index (χ1v) is 5.86. The van der Waals surface area contributed by atoms with Gasteiger partial charge in [0.2, 0.25) is 5.82 Å². The van der Waals surface area contributed by atoms with Crippen LogP contribution in [0.4, 0.5) is 10.1 Å². The van der Waals surface area contributed by atoms with Crippen LogP contribution >= 0.6 is 0 Å². The van der Waals surface area contributed by atoms with Crippen molar-refractivity contribution in [2.75, 3.05) is 13.2 Å². The third-order valence-corrected chi connectivity index (χ3v) is 2.41. The van der Waals surface area contributed by atoms with Crippen molar-refractivity contribution in [1.82, 2.24) is 0 Å². The maximum atomic E-state index is 13.3. The van der Waals surface area contributed by atoms with Crippen LogP contribution in [0.15, 0.2) is 18.2 Å². The number of carboxylic acids is 1. The van der Waals surface area contributed by atoms with Crippen molar-refractivity contribution in [3.05, 3.63) is 34.1 Å². The summed E-state index contributed by atoms with van der Waals surface area (Å²) in [6, 6.07) is 3.12. The molecule has 0 fully saturated rings. The number of nitro benzene ring substituents is 1. The Morgan fingerprint density at radius 1 is 1.55 bits per heavy atom. The van der Waals surface area contributed by atoms with Gasteiger partial charge in [-0.2, -0.15) is 4.39 Å². The molecule has 0 aliphatic carbocycles. The highest BCUT2D eigenvalue weighted by Gasteiger charge is 2.18. The number of halogens is 1. The van der Waals surface area contributed by atoms with E-state index in [-0.39, 0.29) is 25.4 Å². The van der Waals surface area contributed by atoms with E-state index < -0.39 is 28.5 Å². The Kier molecular flexibility index (Phi) is 5.85. The van der Waals surface area contributed by atoms with Gasteiger partial charge in [-0.3, -0.25) is 10.1 Å². The molecule has 0 saturated heterocycles. The second kappa shape index (κ2) is 7.39. The van der Waals surface area contributed by atoms with E-state index in [0.29, 0.717) is 0 Å². The SMILES string of the molecule is CCOC(CCOc1ccc([N+](=O)[O-])c(F)c1)C(=O)O. The van der Waals surface area contributed by atoms with Crippen LogP contribution < -0.4 is 4.74 Å². The first-order chi connectivity index (χ1) is 9.45. The Balaban J connectivity index is 2.55. The second-order valence-electron chi connectivity index (χ2n) is 3.79. The first kappa shape index (κ1) is 15.8. The lowest BCUT2D eigenvalue weighted by Gasteiger charge is -2.12. The number of carboxylic acid groups (broad SMARTS) is 1. The highest BCUT2D eigenvalue weighted by molar-refractivity contribution is 5.72. The lowest BCUT2D eigenvalue weighted by molar-refractivity contribution is -0.387. The normalized spacial score (nSPS) is 11.9. The van der Waals surface area contributed by atoms with Crippen LogP contribution in [0.5, 0.6) is 5.75 Å². The van der Waals surface area contributed by atoms with Crippen LogP contribution in [0.25, 0.3) is 0 Å². The summed E-state index contributed by atoms with van der Waals surface area (Å²) in [5.41, 5.74) is -0.643. The van der Waals surface area contributed by atoms with E-state index in [0.717, 1.165) is 12.1 Å². The summed E-state index contributed by atoms with van der Waals surface area (Å²) in [5, 5.41) is 19.3. The molecular weight excluding hydrogens is 273 g/mol. The zero-order valence-corrected chi connectivity index (χ0v) is 10.7. The number of rotatable bonds is 8. The summed E-state index contributed by atoms with van der Waals surface area (Å²) in [4.78, 5) is 20.4. The monoisotopic (exact) mass is 287 g/mol. The molecule has 0 amide bonds. The molecule has 0 radical (unpaired) electrons. The zero-order valence-electron chi connectivity index (χ0n) is 10.7. The van der Waals surface area contributed by atoms with Crippen LogP contribution in [0.1, 0.15) is 13.3 Å². The molecule has 0 bridgehead atoms. The van der Waals surface area contributed by atoms with Crippen LogP contribution in [-0.4, -0.2) is 35.3 Å². The van der Waals surface area contributed by atoms with Crippen LogP contribution in [0.3, 0.4) is 0 Å². The van der Waals surface area contributed by atoms with Gasteiger partial charge in [0.1, 0.15) is 5.75 Å². The van der Waals surface area contributed by atoms with E-state index in [1.807, 2.05) is 0 Å². The van der Waals surface area contributed by atoms with Gasteiger partial charge in [-0.15, -0.1) is 0 Å². The first-order valence-electron chi connectivity index (χ1n) is 5.86. The minimum Gasteiger partial charge on any atom is -0.493 e. The van der Waals surface area contributed by atoms with E-state index in [4.69, 9.17) is 14.6 Å². The number of benzene rings is 1. The molecule has 0 aliphatic heterocycles. The molecule has 1 atom stereocenters. The maximum Gasteiger partial charge on any atom is 0.332 e. The maximum absolute atomic E-state index is 13.3. The van der Waals surface area contributed by atoms with Crippen molar-refractivity contribution in [3.63, 3.8) is 0 Å². The summed E-state index contributed by atoms with van der Waals surface area (Å²) in [6.07, 6.45) is -0.912. The van der Waals surface area contributed by atoms with Crippen molar-refractivity contribution in [2.24, 2.45) is 0 Å². The molecule has 8 heteroatoms. The number of nitro groups is 1. The van der Waals surface area contributed by atoms with Crippen molar-refractivity contribution in [3.8, 4) is 5.75 Å². The number of carbonyl (C=O) groups is 1. The van der Waals surface area contributed by atoms with E-state index in [1.54, 1.807) is 6.92 Å². The minimum absolute atomic E-state index is 0.00574. The molecule has 0 saturated carbocycles. The van der Waals surface area contributed by atoms with Crippen molar-refractivity contribution >= 4 is 11.7 Å². The number of nitrogens with zero attached hydrogens (tertiary/aromatic N) is 1. The fourth-order valence-electron chi connectivity index (χ4n) is 1.49. The van der Waals surface area contributed by atoms with Crippen LogP contribution in [0.2, 0.25) is 0 Å². The lowest BCUT2D eigenvalue weighted by atomic mass is 10.2. The summed E-state index contributed by atoms with van der Waals surface area (Å²) in [7, 11) is 0. The van der Waals surface area contributed by atoms with E-state index in [1.165, 1.54) is 6.07 Å². The topological polar surface area (TPSA) is 98.9 Å². The molecule has 1 unspecified atom stereocenters. The minimum atomic E-state index is -1.11. The van der Waals surface area contributed by atoms with E-state index >= 15 is 0 Å². The van der Waals surface area contributed by atoms with Gasteiger partial charge >= 0.3 is 11.7 Å². The average Bonchev–Trinajstić information content (AvgIpc) is 2.37. The van der Waals surface area contributed by atoms with E-state index in [9.17, 15) is 19.3 Å². The van der Waals surface area contributed by atoms with Gasteiger partial charge in [-0.1, -0.05) is 0 Å². The molecule has 7 nitrogen and oxygen atoms in total. The molecule has 1 N–H and O–H groups in total. The fourth-order valence-corrected chi connectivity index (χ4v) is 1.49. The van der Waals surface area contributed by atoms with Gasteiger partial charge in [0, 0.05) is 25.2 Å². The largest absolute Gasteiger partial charge is 0.493 e. The van der Waals surface area contributed by atoms with Crippen LogP contribution in [0, 0.1) is 15.9 Å². The molecule has 1 aromatic carbocycles. The lowest BCUT2D eigenvalue weighted by Crippen LogP contribution is -2.26. The predicted octanol–water partition coefficient (Wildman–Crippen LogP) is 1.99. The Morgan fingerprint density at radius 3 is 2.75 bits per heavy atom. The van der Waals surface area contributed by atoms with Gasteiger partial charge in [0.25, 0.3) is 0 Å². The molecule has 1 rings (SSSR count). The van der Waals surface area contributed by atoms with Crippen LogP contribution in [-0.2, 0) is 9.53 Å². The third kappa shape index (κ3) is 4.47. The fraction of sp³-hybridized carbons (Fsp3) is 0.417. The summed E-state index contributed by atoms with van der Waals surface area (Å²) >= 11 is 0. The van der Waals surface area contributed by atoms with Gasteiger partial charge < -0.3 is 14.6 Å². The highest BCUT2D eigenvalue weighted by atomic mass is 19.1. The van der Waals surface area contributed by atoms with Gasteiger partial charge in [0.15, 0.2) is 6.10 Å². The van der Waals surface area contributed by atoms with Crippen molar-refractivity contribution in [1.29, 1.82) is 0 Å². The molecule has 0 heterocycles. The molecule has 1 aromatic rings. The Hall–Kier alpha value is -2.22. The van der Waals surface area contributed by atoms with Crippen molar-refractivity contribution < 1.29 is 28.7 Å². The smallest absolute Gasteiger partial charge is 0.332 e. The van der Waals surface area contributed by atoms with Gasteiger partial charge in [-0.05, 0) is 13.0 Å². The average molecular weight is 287 g/mol. The molecular formula is C12H14FNO6. The third-order valence-electron chi connectivity index (χ3n) is 2.41. The standard InChI is InChI=1S/C12H14FNO6/c1-2-19-11(12(15)16)5-6-20-8-3-4-10(14(17)18)9(13)7-8/h3-4,7,11H,2,5-6H2,1H3,(H,15,16). The number of aliphatic carboxylic acids is 1. The number of ether oxygens (including phenoxy) is 2. The zero-order chi connectivity index (χ0) is 15.1. The molecule has 0 aromatic heterocycles. The van der Waals surface area contributed by atoms with Gasteiger partial charge in [-0.25, -0.2) is 4.79 Å². The Labute approximate surface area is 114 Å².